The van der Waals surface area contributed by atoms with E-state index < -0.39 is 36.4 Å². The number of carbonyl (C=O) groups is 4. The van der Waals surface area contributed by atoms with Crippen molar-refractivity contribution in [1.29, 1.82) is 0 Å². The average molecular weight is 243 g/mol. The first-order chi connectivity index (χ1) is 7.82. The van der Waals surface area contributed by atoms with Crippen molar-refractivity contribution in [3.8, 4) is 0 Å². The van der Waals surface area contributed by atoms with E-state index in [4.69, 9.17) is 5.11 Å². The second kappa shape index (κ2) is 4.81. The number of hydrogen-bond acceptors (Lipinski definition) is 4. The van der Waals surface area contributed by atoms with Crippen LogP contribution in [0.5, 0.6) is 0 Å². The van der Waals surface area contributed by atoms with Crippen LogP contribution in [0.15, 0.2) is 0 Å². The van der Waals surface area contributed by atoms with Crippen molar-refractivity contribution >= 4 is 23.8 Å². The molecule has 0 aromatic heterocycles. The second-order valence-electron chi connectivity index (χ2n) is 3.75. The molecule has 0 bridgehead atoms. The third-order valence-electron chi connectivity index (χ3n) is 2.28. The highest BCUT2D eigenvalue weighted by Gasteiger charge is 2.35. The Morgan fingerprint density at radius 3 is 2.47 bits per heavy atom. The van der Waals surface area contributed by atoms with Crippen LogP contribution in [-0.4, -0.2) is 64.9 Å². The fourth-order valence-corrected chi connectivity index (χ4v) is 1.32. The molecule has 1 fully saturated rings. The summed E-state index contributed by atoms with van der Waals surface area (Å²) in [5.41, 5.74) is 0. The number of imide groups is 1. The van der Waals surface area contributed by atoms with E-state index in [9.17, 15) is 19.2 Å². The fraction of sp³-hybridized carbons (Fsp3) is 0.556. The molecule has 1 saturated heterocycles. The average Bonchev–Trinajstić information content (AvgIpc) is 2.45. The van der Waals surface area contributed by atoms with Gasteiger partial charge in [-0.15, -0.1) is 0 Å². The Morgan fingerprint density at radius 2 is 2.06 bits per heavy atom. The zero-order valence-corrected chi connectivity index (χ0v) is 9.47. The number of carbonyl (C=O) groups excluding carboxylic acids is 3. The van der Waals surface area contributed by atoms with E-state index in [1.807, 2.05) is 0 Å². The number of hydrogen-bond donors (Lipinski definition) is 2. The molecule has 2 N–H and O–H groups in total. The van der Waals surface area contributed by atoms with E-state index >= 15 is 0 Å². The summed E-state index contributed by atoms with van der Waals surface area (Å²) in [6, 6.07) is -1.62. The molecule has 0 saturated carbocycles. The highest BCUT2D eigenvalue weighted by molar-refractivity contribution is 6.04. The number of carboxylic acid groups (broad SMARTS) is 1. The topological polar surface area (TPSA) is 107 Å². The fourth-order valence-electron chi connectivity index (χ4n) is 1.32. The van der Waals surface area contributed by atoms with Crippen LogP contribution in [0.3, 0.4) is 0 Å². The van der Waals surface area contributed by atoms with Crippen molar-refractivity contribution in [3.63, 3.8) is 0 Å². The third-order valence-corrected chi connectivity index (χ3v) is 2.28. The van der Waals surface area contributed by atoms with E-state index in [1.165, 1.54) is 18.9 Å². The first-order valence-corrected chi connectivity index (χ1v) is 4.90. The molecule has 0 aromatic rings. The van der Waals surface area contributed by atoms with Gasteiger partial charge in [-0.3, -0.25) is 19.3 Å². The summed E-state index contributed by atoms with van der Waals surface area (Å²) in [5.74, 6) is -2.35. The summed E-state index contributed by atoms with van der Waals surface area (Å²) >= 11 is 0. The van der Waals surface area contributed by atoms with Crippen molar-refractivity contribution in [2.75, 3.05) is 20.1 Å². The first kappa shape index (κ1) is 12.9. The zero-order chi connectivity index (χ0) is 13.2. The molecule has 0 aromatic carbocycles. The molecule has 17 heavy (non-hydrogen) atoms. The van der Waals surface area contributed by atoms with Gasteiger partial charge < -0.3 is 15.3 Å². The summed E-state index contributed by atoms with van der Waals surface area (Å²) in [6.45, 7) is 0.764. The van der Waals surface area contributed by atoms with Gasteiger partial charge in [0.1, 0.15) is 19.1 Å². The van der Waals surface area contributed by atoms with Crippen LogP contribution in [0, 0.1) is 0 Å². The molecular formula is C9H13N3O5. The van der Waals surface area contributed by atoms with E-state index in [0.29, 0.717) is 0 Å². The van der Waals surface area contributed by atoms with Gasteiger partial charge in [0.15, 0.2) is 0 Å². The van der Waals surface area contributed by atoms with Gasteiger partial charge in [0.25, 0.3) is 5.91 Å². The van der Waals surface area contributed by atoms with Gasteiger partial charge in [0, 0.05) is 7.05 Å². The highest BCUT2D eigenvalue weighted by Crippen LogP contribution is 2.06. The molecule has 1 aliphatic heterocycles. The molecule has 1 heterocycles. The first-order valence-electron chi connectivity index (χ1n) is 4.90. The summed E-state index contributed by atoms with van der Waals surface area (Å²) in [6.07, 6.45) is 0. The number of amides is 4. The van der Waals surface area contributed by atoms with E-state index in [0.717, 1.165) is 4.90 Å². The normalized spacial score (nSPS) is 17.3. The minimum Gasteiger partial charge on any atom is -0.480 e. The predicted octanol–water partition coefficient (Wildman–Crippen LogP) is -1.53. The van der Waals surface area contributed by atoms with Crippen LogP contribution < -0.4 is 5.32 Å². The van der Waals surface area contributed by atoms with Crippen LogP contribution in [0.25, 0.3) is 0 Å². The molecule has 1 aliphatic rings. The highest BCUT2D eigenvalue weighted by atomic mass is 16.4. The maximum atomic E-state index is 11.4. The number of likely N-dealkylation sites (N-methyl/N-ethyl adjacent to an activating group) is 1. The molecule has 94 valence electrons. The number of rotatable bonds is 4. The minimum absolute atomic E-state index is 0.0689. The maximum absolute atomic E-state index is 11.4. The van der Waals surface area contributed by atoms with Crippen LogP contribution >= 0.6 is 0 Å². The molecule has 1 atom stereocenters. The van der Waals surface area contributed by atoms with Crippen LogP contribution in [0.1, 0.15) is 6.92 Å². The summed E-state index contributed by atoms with van der Waals surface area (Å²) < 4.78 is 0. The number of urea groups is 1. The molecular weight excluding hydrogens is 230 g/mol. The number of nitrogens with one attached hydrogen (secondary N) is 1. The van der Waals surface area contributed by atoms with Crippen molar-refractivity contribution in [2.45, 2.75) is 13.0 Å². The lowest BCUT2D eigenvalue weighted by atomic mass is 10.3. The largest absolute Gasteiger partial charge is 0.480 e. The molecule has 8 nitrogen and oxygen atoms in total. The Hall–Kier alpha value is -2.12. The number of carboxylic acids is 1. The standard InChI is InChI=1S/C9H13N3O5/c1-5(8(15)16)10-6(13)3-12-7(14)4-11(2)9(12)17/h5H,3-4H2,1-2H3,(H,10,13)(H,15,16). The van der Waals surface area contributed by atoms with E-state index in [2.05, 4.69) is 5.32 Å². The van der Waals surface area contributed by atoms with Crippen LogP contribution in [-0.2, 0) is 14.4 Å². The smallest absolute Gasteiger partial charge is 0.327 e. The SMILES string of the molecule is CC(NC(=O)CN1C(=O)CN(C)C1=O)C(=O)O. The predicted molar refractivity (Wildman–Crippen MR) is 55.0 cm³/mol. The Morgan fingerprint density at radius 1 is 1.47 bits per heavy atom. The van der Waals surface area contributed by atoms with Gasteiger partial charge >= 0.3 is 12.0 Å². The molecule has 0 radical (unpaired) electrons. The maximum Gasteiger partial charge on any atom is 0.327 e. The molecule has 8 heteroatoms. The van der Waals surface area contributed by atoms with Crippen molar-refractivity contribution in [2.24, 2.45) is 0 Å². The lowest BCUT2D eigenvalue weighted by molar-refractivity contribution is -0.141. The van der Waals surface area contributed by atoms with Crippen molar-refractivity contribution in [3.05, 3.63) is 0 Å². The minimum atomic E-state index is -1.19. The van der Waals surface area contributed by atoms with Crippen molar-refractivity contribution in [1.82, 2.24) is 15.1 Å². The molecule has 0 spiro atoms. The molecule has 1 unspecified atom stereocenters. The quantitative estimate of drug-likeness (QED) is 0.582. The Kier molecular flexibility index (Phi) is 3.66. The van der Waals surface area contributed by atoms with Crippen molar-refractivity contribution < 1.29 is 24.3 Å². The van der Waals surface area contributed by atoms with Gasteiger partial charge in [-0.05, 0) is 6.92 Å². The second-order valence-corrected chi connectivity index (χ2v) is 3.75. The monoisotopic (exact) mass is 243 g/mol. The van der Waals surface area contributed by atoms with Crippen LogP contribution in [0.2, 0.25) is 0 Å². The number of aliphatic carboxylic acids is 1. The van der Waals surface area contributed by atoms with Crippen LogP contribution in [0.4, 0.5) is 4.79 Å². The lowest BCUT2D eigenvalue weighted by Gasteiger charge is -2.15. The van der Waals surface area contributed by atoms with Gasteiger partial charge in [-0.2, -0.15) is 0 Å². The summed E-state index contributed by atoms with van der Waals surface area (Å²) in [7, 11) is 1.44. The Bertz CT molecular complexity index is 381. The van der Waals surface area contributed by atoms with Gasteiger partial charge in [0.2, 0.25) is 5.91 Å². The molecule has 1 rings (SSSR count). The van der Waals surface area contributed by atoms with Gasteiger partial charge in [-0.1, -0.05) is 0 Å². The molecule has 4 amide bonds. The summed E-state index contributed by atoms with van der Waals surface area (Å²) in [5, 5.41) is 10.7. The number of nitrogens with zero attached hydrogens (tertiary/aromatic N) is 2. The summed E-state index contributed by atoms with van der Waals surface area (Å²) in [4.78, 5) is 46.5. The third kappa shape index (κ3) is 2.92. The van der Waals surface area contributed by atoms with E-state index in [1.54, 1.807) is 0 Å². The lowest BCUT2D eigenvalue weighted by Crippen LogP contribution is -2.45. The van der Waals surface area contributed by atoms with Gasteiger partial charge in [-0.25, -0.2) is 4.79 Å². The van der Waals surface area contributed by atoms with E-state index in [-0.39, 0.29) is 6.54 Å². The van der Waals surface area contributed by atoms with Gasteiger partial charge in [0.05, 0.1) is 0 Å². The Balaban J connectivity index is 2.55. The zero-order valence-electron chi connectivity index (χ0n) is 9.47. The Labute approximate surface area is 97.2 Å². The molecule has 0 aliphatic carbocycles.